The normalized spacial score (nSPS) is 21.6. The highest BCUT2D eigenvalue weighted by atomic mass is 35.5. The molecule has 2 heterocycles. The van der Waals surface area contributed by atoms with Gasteiger partial charge in [0.05, 0.1) is 5.88 Å². The summed E-state index contributed by atoms with van der Waals surface area (Å²) in [7, 11) is 0. The van der Waals surface area contributed by atoms with Crippen LogP contribution >= 0.6 is 11.6 Å². The molecule has 0 aromatic carbocycles. The average molecular weight is 211 g/mol. The van der Waals surface area contributed by atoms with E-state index in [4.69, 9.17) is 11.6 Å². The summed E-state index contributed by atoms with van der Waals surface area (Å²) < 4.78 is 0. The van der Waals surface area contributed by atoms with Crippen LogP contribution in [0, 0.1) is 5.92 Å². The molecule has 1 unspecified atom stereocenters. The topological polar surface area (TPSA) is 16.1 Å². The van der Waals surface area contributed by atoms with Crippen LogP contribution in [-0.4, -0.2) is 18.1 Å². The Bertz CT molecular complexity index is 314. The van der Waals surface area contributed by atoms with Crippen LogP contribution in [0.5, 0.6) is 0 Å². The molecular formula is C11H15ClN2. The molecule has 0 aliphatic carbocycles. The van der Waals surface area contributed by atoms with Crippen molar-refractivity contribution in [3.05, 3.63) is 23.9 Å². The van der Waals surface area contributed by atoms with Crippen molar-refractivity contribution in [2.24, 2.45) is 5.92 Å². The van der Waals surface area contributed by atoms with Gasteiger partial charge in [0.2, 0.25) is 0 Å². The van der Waals surface area contributed by atoms with Crippen molar-refractivity contribution in [3.8, 4) is 0 Å². The monoisotopic (exact) mass is 210 g/mol. The van der Waals surface area contributed by atoms with Gasteiger partial charge in [0.1, 0.15) is 5.82 Å². The largest absolute Gasteiger partial charge is 0.356 e. The second kappa shape index (κ2) is 4.18. The third-order valence-electron chi connectivity index (χ3n) is 2.73. The van der Waals surface area contributed by atoms with Crippen LogP contribution in [0.2, 0.25) is 0 Å². The minimum atomic E-state index is 0.550. The molecule has 3 heteroatoms. The molecule has 1 aromatic rings. The second-order valence-corrected chi connectivity index (χ2v) is 4.23. The molecule has 0 N–H and O–H groups in total. The van der Waals surface area contributed by atoms with Gasteiger partial charge in [-0.05, 0) is 18.4 Å². The summed E-state index contributed by atoms with van der Waals surface area (Å²) in [5.41, 5.74) is 1.14. The third kappa shape index (κ3) is 1.85. The molecule has 1 fully saturated rings. The third-order valence-corrected chi connectivity index (χ3v) is 3.02. The number of alkyl halides is 1. The molecule has 1 aromatic heterocycles. The summed E-state index contributed by atoms with van der Waals surface area (Å²) in [6.07, 6.45) is 3.10. The highest BCUT2D eigenvalue weighted by Crippen LogP contribution is 2.25. The van der Waals surface area contributed by atoms with Gasteiger partial charge in [-0.25, -0.2) is 4.98 Å². The van der Waals surface area contributed by atoms with Gasteiger partial charge in [0.25, 0.3) is 0 Å². The molecule has 1 saturated heterocycles. The van der Waals surface area contributed by atoms with E-state index >= 15 is 0 Å². The maximum Gasteiger partial charge on any atom is 0.132 e. The van der Waals surface area contributed by atoms with Gasteiger partial charge in [0.15, 0.2) is 0 Å². The van der Waals surface area contributed by atoms with Gasteiger partial charge >= 0.3 is 0 Å². The molecule has 0 bridgehead atoms. The van der Waals surface area contributed by atoms with Gasteiger partial charge < -0.3 is 4.90 Å². The Morgan fingerprint density at radius 1 is 1.64 bits per heavy atom. The predicted octanol–water partition coefficient (Wildman–Crippen LogP) is 2.67. The van der Waals surface area contributed by atoms with E-state index in [1.807, 2.05) is 12.3 Å². The number of aromatic nitrogens is 1. The SMILES string of the molecule is CC1CCN(c2ncccc2CCl)C1. The summed E-state index contributed by atoms with van der Waals surface area (Å²) in [5, 5.41) is 0. The fraction of sp³-hybridized carbons (Fsp3) is 0.545. The minimum Gasteiger partial charge on any atom is -0.356 e. The van der Waals surface area contributed by atoms with Crippen LogP contribution in [-0.2, 0) is 5.88 Å². The maximum absolute atomic E-state index is 5.88. The molecule has 0 amide bonds. The molecule has 0 radical (unpaired) electrons. The molecular weight excluding hydrogens is 196 g/mol. The zero-order valence-electron chi connectivity index (χ0n) is 8.41. The summed E-state index contributed by atoms with van der Waals surface area (Å²) >= 11 is 5.88. The lowest BCUT2D eigenvalue weighted by molar-refractivity contribution is 0.658. The fourth-order valence-electron chi connectivity index (χ4n) is 1.95. The van der Waals surface area contributed by atoms with E-state index in [-0.39, 0.29) is 0 Å². The van der Waals surface area contributed by atoms with Crippen LogP contribution in [0.4, 0.5) is 5.82 Å². The number of rotatable bonds is 2. The van der Waals surface area contributed by atoms with E-state index in [9.17, 15) is 0 Å². The quantitative estimate of drug-likeness (QED) is 0.698. The lowest BCUT2D eigenvalue weighted by Gasteiger charge is -2.19. The van der Waals surface area contributed by atoms with Crippen molar-refractivity contribution in [1.29, 1.82) is 0 Å². The van der Waals surface area contributed by atoms with E-state index in [2.05, 4.69) is 22.9 Å². The Morgan fingerprint density at radius 2 is 2.50 bits per heavy atom. The molecule has 1 aliphatic rings. The van der Waals surface area contributed by atoms with Crippen molar-refractivity contribution in [3.63, 3.8) is 0 Å². The van der Waals surface area contributed by atoms with Crippen molar-refractivity contribution in [2.75, 3.05) is 18.0 Å². The Kier molecular flexibility index (Phi) is 2.92. The fourth-order valence-corrected chi connectivity index (χ4v) is 2.16. The summed E-state index contributed by atoms with van der Waals surface area (Å²) in [5.74, 6) is 2.40. The van der Waals surface area contributed by atoms with E-state index in [1.165, 1.54) is 6.42 Å². The number of hydrogen-bond acceptors (Lipinski definition) is 2. The zero-order valence-corrected chi connectivity index (χ0v) is 9.17. The summed E-state index contributed by atoms with van der Waals surface area (Å²) in [6, 6.07) is 4.00. The van der Waals surface area contributed by atoms with Crippen LogP contribution in [0.1, 0.15) is 18.9 Å². The summed E-state index contributed by atoms with van der Waals surface area (Å²) in [6.45, 7) is 4.51. The van der Waals surface area contributed by atoms with Crippen molar-refractivity contribution >= 4 is 17.4 Å². The summed E-state index contributed by atoms with van der Waals surface area (Å²) in [4.78, 5) is 6.74. The average Bonchev–Trinajstić information content (AvgIpc) is 2.65. The first-order valence-electron chi connectivity index (χ1n) is 5.06. The molecule has 1 aliphatic heterocycles. The van der Waals surface area contributed by atoms with E-state index in [0.717, 1.165) is 30.4 Å². The van der Waals surface area contributed by atoms with Crippen molar-refractivity contribution in [2.45, 2.75) is 19.2 Å². The van der Waals surface area contributed by atoms with Crippen LogP contribution in [0.3, 0.4) is 0 Å². The lowest BCUT2D eigenvalue weighted by atomic mass is 10.2. The number of halogens is 1. The smallest absolute Gasteiger partial charge is 0.132 e. The highest BCUT2D eigenvalue weighted by molar-refractivity contribution is 6.17. The van der Waals surface area contributed by atoms with Gasteiger partial charge in [-0.2, -0.15) is 0 Å². The lowest BCUT2D eigenvalue weighted by Crippen LogP contribution is -2.21. The number of hydrogen-bond donors (Lipinski definition) is 0. The molecule has 2 nitrogen and oxygen atoms in total. The number of pyridine rings is 1. The molecule has 0 saturated carbocycles. The van der Waals surface area contributed by atoms with Crippen LogP contribution in [0.25, 0.3) is 0 Å². The molecule has 0 spiro atoms. The van der Waals surface area contributed by atoms with Gasteiger partial charge in [-0.1, -0.05) is 13.0 Å². The number of nitrogens with zero attached hydrogens (tertiary/aromatic N) is 2. The highest BCUT2D eigenvalue weighted by Gasteiger charge is 2.21. The maximum atomic E-state index is 5.88. The molecule has 14 heavy (non-hydrogen) atoms. The van der Waals surface area contributed by atoms with Gasteiger partial charge in [0, 0.05) is 24.8 Å². The Morgan fingerprint density at radius 3 is 3.14 bits per heavy atom. The van der Waals surface area contributed by atoms with Gasteiger partial charge in [-0.3, -0.25) is 0 Å². The molecule has 76 valence electrons. The second-order valence-electron chi connectivity index (χ2n) is 3.96. The van der Waals surface area contributed by atoms with E-state index in [1.54, 1.807) is 0 Å². The predicted molar refractivity (Wildman–Crippen MR) is 59.8 cm³/mol. The van der Waals surface area contributed by atoms with Gasteiger partial charge in [-0.15, -0.1) is 11.6 Å². The first-order chi connectivity index (χ1) is 6.81. The molecule has 1 atom stereocenters. The standard InChI is InChI=1S/C11H15ClN2/c1-9-4-6-14(8-9)11-10(7-12)3-2-5-13-11/h2-3,5,9H,4,6-8H2,1H3. The van der Waals surface area contributed by atoms with E-state index < -0.39 is 0 Å². The van der Waals surface area contributed by atoms with E-state index in [0.29, 0.717) is 5.88 Å². The first kappa shape index (κ1) is 9.78. The first-order valence-corrected chi connectivity index (χ1v) is 5.59. The Hall–Kier alpha value is -0.760. The van der Waals surface area contributed by atoms with Crippen molar-refractivity contribution in [1.82, 2.24) is 4.98 Å². The van der Waals surface area contributed by atoms with Crippen molar-refractivity contribution < 1.29 is 0 Å². The zero-order chi connectivity index (χ0) is 9.97. The minimum absolute atomic E-state index is 0.550. The van der Waals surface area contributed by atoms with Crippen LogP contribution in [0.15, 0.2) is 18.3 Å². The molecule has 2 rings (SSSR count). The Labute approximate surface area is 89.9 Å². The Balaban J connectivity index is 2.22. The number of anilines is 1. The van der Waals surface area contributed by atoms with Crippen LogP contribution < -0.4 is 4.90 Å².